The van der Waals surface area contributed by atoms with Gasteiger partial charge in [-0.2, -0.15) is 14.9 Å². The van der Waals surface area contributed by atoms with Crippen LogP contribution in [0.5, 0.6) is 5.75 Å². The minimum Gasteiger partial charge on any atom is -0.493 e. The Morgan fingerprint density at radius 2 is 2.08 bits per heavy atom. The van der Waals surface area contributed by atoms with Gasteiger partial charge in [0.15, 0.2) is 5.65 Å². The quantitative estimate of drug-likeness (QED) is 0.765. The molecule has 132 valence electrons. The van der Waals surface area contributed by atoms with E-state index in [0.717, 1.165) is 23.6 Å². The SMILES string of the molecule is CC(C)c1c(-c2ccc(OCC3CC3)cc2)[nH]c2c(C#N)cnn2c1=O. The van der Waals surface area contributed by atoms with Crippen molar-refractivity contribution in [1.82, 2.24) is 14.6 Å². The number of hydrogen-bond donors (Lipinski definition) is 1. The van der Waals surface area contributed by atoms with Gasteiger partial charge in [-0.1, -0.05) is 13.8 Å². The molecule has 2 heterocycles. The number of nitriles is 1. The molecular formula is C20H20N4O2. The van der Waals surface area contributed by atoms with Crippen LogP contribution in [0.4, 0.5) is 0 Å². The van der Waals surface area contributed by atoms with Crippen LogP contribution in [0.2, 0.25) is 0 Å². The Kier molecular flexibility index (Phi) is 4.00. The Labute approximate surface area is 151 Å². The highest BCUT2D eigenvalue weighted by Crippen LogP contribution is 2.31. The molecule has 1 N–H and O–H groups in total. The van der Waals surface area contributed by atoms with Crippen molar-refractivity contribution in [3.05, 3.63) is 51.9 Å². The number of benzene rings is 1. The maximum atomic E-state index is 12.9. The lowest BCUT2D eigenvalue weighted by Crippen LogP contribution is -2.22. The largest absolute Gasteiger partial charge is 0.493 e. The van der Waals surface area contributed by atoms with Gasteiger partial charge in [-0.25, -0.2) is 0 Å². The van der Waals surface area contributed by atoms with Crippen LogP contribution >= 0.6 is 0 Å². The predicted molar refractivity (Wildman–Crippen MR) is 98.3 cm³/mol. The molecule has 1 aromatic carbocycles. The zero-order chi connectivity index (χ0) is 18.3. The van der Waals surface area contributed by atoms with E-state index in [1.807, 2.05) is 38.1 Å². The molecule has 1 aliphatic carbocycles. The van der Waals surface area contributed by atoms with Gasteiger partial charge in [0.1, 0.15) is 17.4 Å². The van der Waals surface area contributed by atoms with Crippen molar-refractivity contribution in [2.75, 3.05) is 6.61 Å². The summed E-state index contributed by atoms with van der Waals surface area (Å²) in [5, 5.41) is 13.3. The first-order valence-corrected chi connectivity index (χ1v) is 8.85. The van der Waals surface area contributed by atoms with Crippen LogP contribution in [0.1, 0.15) is 43.7 Å². The van der Waals surface area contributed by atoms with Crippen molar-refractivity contribution < 1.29 is 4.74 Å². The summed E-state index contributed by atoms with van der Waals surface area (Å²) in [6.45, 7) is 4.71. The zero-order valence-electron chi connectivity index (χ0n) is 14.8. The molecular weight excluding hydrogens is 328 g/mol. The third-order valence-corrected chi connectivity index (χ3v) is 4.73. The van der Waals surface area contributed by atoms with Crippen molar-refractivity contribution in [1.29, 1.82) is 5.26 Å². The topological polar surface area (TPSA) is 83.2 Å². The van der Waals surface area contributed by atoms with Crippen LogP contribution in [0.15, 0.2) is 35.3 Å². The Hall–Kier alpha value is -3.07. The van der Waals surface area contributed by atoms with Crippen molar-refractivity contribution >= 4 is 5.65 Å². The van der Waals surface area contributed by atoms with Gasteiger partial charge >= 0.3 is 0 Å². The molecule has 3 aromatic rings. The van der Waals surface area contributed by atoms with Crippen molar-refractivity contribution in [3.63, 3.8) is 0 Å². The van der Waals surface area contributed by atoms with Gasteiger partial charge in [-0.15, -0.1) is 0 Å². The standard InChI is InChI=1S/C20H20N4O2/c1-12(2)17-18(23-19-15(9-21)10-22-24(19)20(17)25)14-5-7-16(8-6-14)26-11-13-3-4-13/h5-8,10,12-13,23H,3-4,11H2,1-2H3. The molecule has 26 heavy (non-hydrogen) atoms. The molecule has 6 nitrogen and oxygen atoms in total. The summed E-state index contributed by atoms with van der Waals surface area (Å²) in [5.74, 6) is 1.54. The average Bonchev–Trinajstić information content (AvgIpc) is 3.37. The van der Waals surface area contributed by atoms with E-state index in [2.05, 4.69) is 16.2 Å². The number of nitrogens with one attached hydrogen (secondary N) is 1. The fourth-order valence-corrected chi connectivity index (χ4v) is 3.09. The number of hydrogen-bond acceptors (Lipinski definition) is 4. The summed E-state index contributed by atoms with van der Waals surface area (Å²) in [7, 11) is 0. The molecule has 0 saturated heterocycles. The maximum absolute atomic E-state index is 12.9. The van der Waals surface area contributed by atoms with Crippen LogP contribution in [0, 0.1) is 17.2 Å². The monoisotopic (exact) mass is 348 g/mol. The maximum Gasteiger partial charge on any atom is 0.278 e. The van der Waals surface area contributed by atoms with Crippen LogP contribution < -0.4 is 10.3 Å². The number of ether oxygens (including phenoxy) is 1. The molecule has 0 bridgehead atoms. The number of aromatic nitrogens is 3. The average molecular weight is 348 g/mol. The van der Waals surface area contributed by atoms with E-state index in [4.69, 9.17) is 4.74 Å². The first-order valence-electron chi connectivity index (χ1n) is 8.85. The second-order valence-electron chi connectivity index (χ2n) is 7.08. The first-order chi connectivity index (χ1) is 12.6. The van der Waals surface area contributed by atoms with Gasteiger partial charge < -0.3 is 9.72 Å². The molecule has 0 amide bonds. The molecule has 0 aliphatic heterocycles. The minimum atomic E-state index is -0.195. The highest BCUT2D eigenvalue weighted by molar-refractivity contribution is 5.68. The Bertz CT molecular complexity index is 1050. The van der Waals surface area contributed by atoms with E-state index in [0.29, 0.717) is 22.7 Å². The van der Waals surface area contributed by atoms with Crippen molar-refractivity contribution in [2.45, 2.75) is 32.6 Å². The normalized spacial score (nSPS) is 13.9. The fraction of sp³-hybridized carbons (Fsp3) is 0.350. The van der Waals surface area contributed by atoms with E-state index >= 15 is 0 Å². The van der Waals surface area contributed by atoms with Gasteiger partial charge in [0.2, 0.25) is 0 Å². The summed E-state index contributed by atoms with van der Waals surface area (Å²) in [6.07, 6.45) is 3.92. The van der Waals surface area contributed by atoms with E-state index in [-0.39, 0.29) is 11.5 Å². The van der Waals surface area contributed by atoms with Gasteiger partial charge in [-0.3, -0.25) is 4.79 Å². The third-order valence-electron chi connectivity index (χ3n) is 4.73. The molecule has 1 aliphatic rings. The Morgan fingerprint density at radius 1 is 1.35 bits per heavy atom. The van der Waals surface area contributed by atoms with E-state index < -0.39 is 0 Å². The summed E-state index contributed by atoms with van der Waals surface area (Å²) < 4.78 is 7.06. The van der Waals surface area contributed by atoms with Gasteiger partial charge in [0.05, 0.1) is 18.5 Å². The molecule has 4 rings (SSSR count). The second-order valence-corrected chi connectivity index (χ2v) is 7.08. The van der Waals surface area contributed by atoms with Crippen molar-refractivity contribution in [3.8, 4) is 23.1 Å². The highest BCUT2D eigenvalue weighted by Gasteiger charge is 2.22. The minimum absolute atomic E-state index is 0.0127. The van der Waals surface area contributed by atoms with Gasteiger partial charge in [0, 0.05) is 5.56 Å². The van der Waals surface area contributed by atoms with Crippen LogP contribution in [-0.4, -0.2) is 21.2 Å². The fourth-order valence-electron chi connectivity index (χ4n) is 3.09. The summed E-state index contributed by atoms with van der Waals surface area (Å²) in [5.41, 5.74) is 2.84. The second kappa shape index (κ2) is 6.34. The smallest absolute Gasteiger partial charge is 0.278 e. The number of aromatic amines is 1. The molecule has 0 spiro atoms. The lowest BCUT2D eigenvalue weighted by Gasteiger charge is -2.14. The number of H-pyrrole nitrogens is 1. The first kappa shape index (κ1) is 16.4. The lowest BCUT2D eigenvalue weighted by atomic mass is 9.98. The summed E-state index contributed by atoms with van der Waals surface area (Å²) in [6, 6.07) is 9.80. The van der Waals surface area contributed by atoms with Gasteiger partial charge in [-0.05, 0) is 54.5 Å². The molecule has 1 fully saturated rings. The zero-order valence-corrected chi connectivity index (χ0v) is 14.8. The number of rotatable bonds is 5. The third kappa shape index (κ3) is 2.86. The molecule has 1 saturated carbocycles. The molecule has 2 aromatic heterocycles. The molecule has 0 atom stereocenters. The predicted octanol–water partition coefficient (Wildman–Crippen LogP) is 3.47. The molecule has 0 radical (unpaired) electrons. The summed E-state index contributed by atoms with van der Waals surface area (Å²) in [4.78, 5) is 16.1. The number of nitrogens with zero attached hydrogens (tertiary/aromatic N) is 3. The lowest BCUT2D eigenvalue weighted by molar-refractivity contribution is 0.300. The Balaban J connectivity index is 1.80. The molecule has 0 unspecified atom stereocenters. The van der Waals surface area contributed by atoms with E-state index in [1.54, 1.807) is 0 Å². The Morgan fingerprint density at radius 3 is 2.69 bits per heavy atom. The van der Waals surface area contributed by atoms with E-state index in [1.165, 1.54) is 23.6 Å². The summed E-state index contributed by atoms with van der Waals surface area (Å²) >= 11 is 0. The molecule has 6 heteroatoms. The van der Waals surface area contributed by atoms with Crippen LogP contribution in [0.3, 0.4) is 0 Å². The van der Waals surface area contributed by atoms with E-state index in [9.17, 15) is 10.1 Å². The van der Waals surface area contributed by atoms with Crippen LogP contribution in [-0.2, 0) is 0 Å². The van der Waals surface area contributed by atoms with Crippen LogP contribution in [0.25, 0.3) is 16.9 Å². The van der Waals surface area contributed by atoms with Crippen molar-refractivity contribution in [2.24, 2.45) is 5.92 Å². The highest BCUT2D eigenvalue weighted by atomic mass is 16.5. The van der Waals surface area contributed by atoms with Gasteiger partial charge in [0.25, 0.3) is 5.56 Å². The number of fused-ring (bicyclic) bond motifs is 1.